The molecule has 0 heterocycles. The first kappa shape index (κ1) is 19.8. The Morgan fingerprint density at radius 3 is 2.48 bits per heavy atom. The van der Waals surface area contributed by atoms with Gasteiger partial charge in [-0.3, -0.25) is 4.99 Å². The van der Waals surface area contributed by atoms with E-state index in [9.17, 15) is 4.39 Å². The normalized spacial score (nSPS) is 13.7. The van der Waals surface area contributed by atoms with Crippen LogP contribution in [0.5, 0.6) is 0 Å². The second-order valence-corrected chi connectivity index (χ2v) is 7.33. The standard InChI is InChI=1S/C17H28FN3OS/c1-6-19-16(21-12-17(2,3)23-5)20-11-15(22-4)13-7-9-14(18)10-8-13/h7-10,15H,6,11-12H2,1-5H3,(H2,19,20,21). The van der Waals surface area contributed by atoms with E-state index in [1.165, 1.54) is 12.1 Å². The average Bonchev–Trinajstić information content (AvgIpc) is 2.54. The van der Waals surface area contributed by atoms with Crippen molar-refractivity contribution in [1.82, 2.24) is 10.6 Å². The molecule has 0 saturated carbocycles. The highest BCUT2D eigenvalue weighted by atomic mass is 32.2. The first-order valence-electron chi connectivity index (χ1n) is 7.77. The van der Waals surface area contributed by atoms with E-state index < -0.39 is 0 Å². The van der Waals surface area contributed by atoms with Gasteiger partial charge in [-0.2, -0.15) is 11.8 Å². The van der Waals surface area contributed by atoms with Gasteiger partial charge in [0.15, 0.2) is 5.96 Å². The van der Waals surface area contributed by atoms with E-state index in [-0.39, 0.29) is 16.7 Å². The van der Waals surface area contributed by atoms with Gasteiger partial charge in [0.05, 0.1) is 12.6 Å². The Balaban J connectivity index is 2.68. The second kappa shape index (κ2) is 9.78. The number of ether oxygens (including phenoxy) is 1. The Morgan fingerprint density at radius 1 is 1.30 bits per heavy atom. The van der Waals surface area contributed by atoms with Crippen molar-refractivity contribution in [2.75, 3.05) is 33.0 Å². The third-order valence-electron chi connectivity index (χ3n) is 3.50. The highest BCUT2D eigenvalue weighted by Gasteiger charge is 2.16. The third kappa shape index (κ3) is 7.22. The number of hydrogen-bond acceptors (Lipinski definition) is 3. The van der Waals surface area contributed by atoms with Gasteiger partial charge < -0.3 is 15.4 Å². The Hall–Kier alpha value is -1.27. The summed E-state index contributed by atoms with van der Waals surface area (Å²) in [5.74, 6) is 0.518. The number of nitrogens with zero attached hydrogens (tertiary/aromatic N) is 1. The van der Waals surface area contributed by atoms with Crippen LogP contribution in [0.2, 0.25) is 0 Å². The van der Waals surface area contributed by atoms with Crippen LogP contribution in [0.15, 0.2) is 29.3 Å². The highest BCUT2D eigenvalue weighted by Crippen LogP contribution is 2.21. The minimum atomic E-state index is -0.245. The molecule has 6 heteroatoms. The van der Waals surface area contributed by atoms with Gasteiger partial charge in [0.1, 0.15) is 5.82 Å². The maximum atomic E-state index is 13.0. The van der Waals surface area contributed by atoms with Crippen LogP contribution in [0.25, 0.3) is 0 Å². The summed E-state index contributed by atoms with van der Waals surface area (Å²) in [6.07, 6.45) is 1.93. The predicted molar refractivity (Wildman–Crippen MR) is 97.7 cm³/mol. The number of halogens is 1. The lowest BCUT2D eigenvalue weighted by Gasteiger charge is -2.22. The van der Waals surface area contributed by atoms with Crippen LogP contribution in [0.3, 0.4) is 0 Å². The van der Waals surface area contributed by atoms with Crippen molar-refractivity contribution in [1.29, 1.82) is 0 Å². The molecule has 0 amide bonds. The SMILES string of the molecule is CCNC(=NCC(C)(C)SC)NCC(OC)c1ccc(F)cc1. The van der Waals surface area contributed by atoms with E-state index in [0.717, 1.165) is 24.6 Å². The molecular weight excluding hydrogens is 313 g/mol. The van der Waals surface area contributed by atoms with Gasteiger partial charge in [0.25, 0.3) is 0 Å². The van der Waals surface area contributed by atoms with Gasteiger partial charge in [-0.1, -0.05) is 12.1 Å². The molecule has 4 nitrogen and oxygen atoms in total. The Kier molecular flexibility index (Phi) is 8.41. The topological polar surface area (TPSA) is 45.7 Å². The fraction of sp³-hybridized carbons (Fsp3) is 0.588. The van der Waals surface area contributed by atoms with Gasteiger partial charge in [-0.25, -0.2) is 4.39 Å². The molecule has 130 valence electrons. The molecule has 0 radical (unpaired) electrons. The molecule has 0 aliphatic carbocycles. The van der Waals surface area contributed by atoms with Crippen molar-refractivity contribution in [2.45, 2.75) is 31.6 Å². The summed E-state index contributed by atoms with van der Waals surface area (Å²) in [6, 6.07) is 6.38. The lowest BCUT2D eigenvalue weighted by Crippen LogP contribution is -2.40. The smallest absolute Gasteiger partial charge is 0.191 e. The molecule has 2 N–H and O–H groups in total. The molecule has 0 saturated heterocycles. The van der Waals surface area contributed by atoms with Gasteiger partial charge >= 0.3 is 0 Å². The summed E-state index contributed by atoms with van der Waals surface area (Å²) in [5.41, 5.74) is 0.932. The number of benzene rings is 1. The number of rotatable bonds is 8. The largest absolute Gasteiger partial charge is 0.375 e. The molecule has 23 heavy (non-hydrogen) atoms. The zero-order valence-corrected chi connectivity index (χ0v) is 15.5. The van der Waals surface area contributed by atoms with Crippen LogP contribution < -0.4 is 10.6 Å². The number of thioether (sulfide) groups is 1. The molecule has 1 aromatic carbocycles. The fourth-order valence-electron chi connectivity index (χ4n) is 1.88. The molecule has 0 bridgehead atoms. The lowest BCUT2D eigenvalue weighted by atomic mass is 10.1. The molecule has 0 fully saturated rings. The molecule has 0 aromatic heterocycles. The van der Waals surface area contributed by atoms with Crippen molar-refractivity contribution >= 4 is 17.7 Å². The van der Waals surface area contributed by atoms with Crippen LogP contribution in [0, 0.1) is 5.82 Å². The maximum Gasteiger partial charge on any atom is 0.191 e. The first-order valence-corrected chi connectivity index (χ1v) is 9.00. The first-order chi connectivity index (χ1) is 10.9. The molecule has 0 spiro atoms. The molecule has 1 atom stereocenters. The van der Waals surface area contributed by atoms with Crippen LogP contribution in [-0.2, 0) is 4.74 Å². The van der Waals surface area contributed by atoms with Crippen molar-refractivity contribution in [3.63, 3.8) is 0 Å². The second-order valence-electron chi connectivity index (χ2n) is 5.82. The summed E-state index contributed by atoms with van der Waals surface area (Å²) >= 11 is 1.79. The van der Waals surface area contributed by atoms with Crippen LogP contribution >= 0.6 is 11.8 Å². The predicted octanol–water partition coefficient (Wildman–Crippen LogP) is 3.21. The minimum Gasteiger partial charge on any atom is -0.375 e. The number of guanidine groups is 1. The molecule has 0 aliphatic heterocycles. The summed E-state index contributed by atoms with van der Waals surface area (Å²) in [5, 5.41) is 6.53. The molecule has 1 unspecified atom stereocenters. The van der Waals surface area contributed by atoms with Crippen LogP contribution in [-0.4, -0.2) is 43.7 Å². The zero-order valence-electron chi connectivity index (χ0n) is 14.6. The number of hydrogen-bond donors (Lipinski definition) is 2. The van der Waals surface area contributed by atoms with Crippen molar-refractivity contribution in [2.24, 2.45) is 4.99 Å². The summed E-state index contributed by atoms with van der Waals surface area (Å²) in [4.78, 5) is 4.63. The van der Waals surface area contributed by atoms with E-state index in [1.54, 1.807) is 31.0 Å². The van der Waals surface area contributed by atoms with Gasteiger partial charge in [-0.15, -0.1) is 0 Å². The maximum absolute atomic E-state index is 13.0. The molecular formula is C17H28FN3OS. The Bertz CT molecular complexity index is 491. The van der Waals surface area contributed by atoms with E-state index >= 15 is 0 Å². The molecule has 0 aliphatic rings. The van der Waals surface area contributed by atoms with Gasteiger partial charge in [0, 0.05) is 24.9 Å². The Labute approximate surface area is 143 Å². The Morgan fingerprint density at radius 2 is 1.96 bits per heavy atom. The minimum absolute atomic E-state index is 0.0972. The molecule has 1 aromatic rings. The summed E-state index contributed by atoms with van der Waals surface area (Å²) < 4.78 is 18.6. The van der Waals surface area contributed by atoms with Crippen LogP contribution in [0.1, 0.15) is 32.4 Å². The fourth-order valence-corrected chi connectivity index (χ4v) is 2.07. The number of nitrogens with one attached hydrogen (secondary N) is 2. The monoisotopic (exact) mass is 341 g/mol. The van der Waals surface area contributed by atoms with E-state index in [1.807, 2.05) is 6.92 Å². The average molecular weight is 341 g/mol. The number of methoxy groups -OCH3 is 1. The van der Waals surface area contributed by atoms with Crippen molar-refractivity contribution in [3.05, 3.63) is 35.6 Å². The summed E-state index contributed by atoms with van der Waals surface area (Å²) in [6.45, 7) is 8.44. The van der Waals surface area contributed by atoms with E-state index in [2.05, 4.69) is 35.7 Å². The zero-order chi connectivity index (χ0) is 17.3. The lowest BCUT2D eigenvalue weighted by molar-refractivity contribution is 0.106. The third-order valence-corrected chi connectivity index (χ3v) is 4.73. The van der Waals surface area contributed by atoms with Gasteiger partial charge in [0.2, 0.25) is 0 Å². The highest BCUT2D eigenvalue weighted by molar-refractivity contribution is 7.99. The van der Waals surface area contributed by atoms with E-state index in [0.29, 0.717) is 6.54 Å². The van der Waals surface area contributed by atoms with Crippen LogP contribution in [0.4, 0.5) is 4.39 Å². The molecule has 1 rings (SSSR count). The number of aliphatic imine (C=N–C) groups is 1. The van der Waals surface area contributed by atoms with Gasteiger partial charge in [-0.05, 0) is 44.7 Å². The van der Waals surface area contributed by atoms with Crippen molar-refractivity contribution < 1.29 is 9.13 Å². The quantitative estimate of drug-likeness (QED) is 0.563. The van der Waals surface area contributed by atoms with Crippen molar-refractivity contribution in [3.8, 4) is 0 Å². The summed E-state index contributed by atoms with van der Waals surface area (Å²) in [7, 11) is 1.65. The van der Waals surface area contributed by atoms with E-state index in [4.69, 9.17) is 4.74 Å².